The summed E-state index contributed by atoms with van der Waals surface area (Å²) in [6.07, 6.45) is 1.83. The highest BCUT2D eigenvalue weighted by Gasteiger charge is 2.51. The molecule has 1 aromatic heterocycles. The number of hydrogen-bond acceptors (Lipinski definition) is 5. The third-order valence-electron chi connectivity index (χ3n) is 4.96. The maximum Gasteiger partial charge on any atom is 0.495 e. The minimum atomic E-state index is -0.344. The van der Waals surface area contributed by atoms with Crippen molar-refractivity contribution >= 4 is 18.4 Å². The van der Waals surface area contributed by atoms with E-state index >= 15 is 0 Å². The van der Waals surface area contributed by atoms with Crippen LogP contribution in [0.2, 0.25) is 0 Å². The van der Waals surface area contributed by atoms with Crippen molar-refractivity contribution in [1.82, 2.24) is 4.98 Å². The van der Waals surface area contributed by atoms with Gasteiger partial charge >= 0.3 is 7.12 Å². The van der Waals surface area contributed by atoms with E-state index in [0.717, 1.165) is 31.0 Å². The predicted molar refractivity (Wildman–Crippen MR) is 87.6 cm³/mol. The van der Waals surface area contributed by atoms with Gasteiger partial charge in [-0.15, -0.1) is 0 Å². The lowest BCUT2D eigenvalue weighted by atomic mass is 9.79. The Morgan fingerprint density at radius 1 is 1.23 bits per heavy atom. The van der Waals surface area contributed by atoms with Crippen molar-refractivity contribution in [3.63, 3.8) is 0 Å². The second kappa shape index (κ2) is 5.51. The highest BCUT2D eigenvalue weighted by Crippen LogP contribution is 2.36. The Labute approximate surface area is 133 Å². The topological polar surface area (TPSA) is 43.8 Å². The first-order valence-corrected chi connectivity index (χ1v) is 7.96. The van der Waals surface area contributed by atoms with Crippen molar-refractivity contribution in [1.29, 1.82) is 0 Å². The molecule has 2 aliphatic heterocycles. The standard InChI is InChI=1S/C16H25BN2O3/c1-12-11-20-9-8-19(12)14-10-13(6-7-18-14)17-21-15(2,3)16(4,5)22-17/h6-7,10,12H,8-9,11H2,1-5H3. The van der Waals surface area contributed by atoms with E-state index in [0.29, 0.717) is 6.04 Å². The van der Waals surface area contributed by atoms with E-state index in [1.807, 2.05) is 12.3 Å². The second-order valence-electron chi connectivity index (χ2n) is 7.15. The summed E-state index contributed by atoms with van der Waals surface area (Å²) in [6, 6.07) is 4.37. The van der Waals surface area contributed by atoms with E-state index < -0.39 is 0 Å². The molecule has 3 rings (SSSR count). The van der Waals surface area contributed by atoms with Gasteiger partial charge in [-0.05, 0) is 52.2 Å². The molecule has 1 atom stereocenters. The van der Waals surface area contributed by atoms with Crippen molar-refractivity contribution in [3.05, 3.63) is 18.3 Å². The van der Waals surface area contributed by atoms with Gasteiger partial charge in [0, 0.05) is 12.7 Å². The third-order valence-corrected chi connectivity index (χ3v) is 4.96. The Hall–Kier alpha value is -1.11. The van der Waals surface area contributed by atoms with Crippen LogP contribution in [-0.4, -0.2) is 49.1 Å². The van der Waals surface area contributed by atoms with E-state index in [9.17, 15) is 0 Å². The van der Waals surface area contributed by atoms with Gasteiger partial charge in [-0.1, -0.05) is 0 Å². The molecule has 0 bridgehead atoms. The molecule has 6 heteroatoms. The summed E-state index contributed by atoms with van der Waals surface area (Å²) >= 11 is 0. The summed E-state index contributed by atoms with van der Waals surface area (Å²) < 4.78 is 17.8. The molecule has 0 spiro atoms. The maximum atomic E-state index is 6.13. The van der Waals surface area contributed by atoms with Crippen molar-refractivity contribution in [2.24, 2.45) is 0 Å². The zero-order valence-electron chi connectivity index (χ0n) is 14.1. The fraction of sp³-hybridized carbons (Fsp3) is 0.688. The Morgan fingerprint density at radius 2 is 1.91 bits per heavy atom. The molecule has 2 fully saturated rings. The van der Waals surface area contributed by atoms with Crippen LogP contribution in [0.15, 0.2) is 18.3 Å². The molecule has 0 radical (unpaired) electrons. The molecule has 0 saturated carbocycles. The third kappa shape index (κ3) is 2.75. The van der Waals surface area contributed by atoms with Crippen LogP contribution in [0, 0.1) is 0 Å². The molecule has 5 nitrogen and oxygen atoms in total. The molecule has 0 aromatic carbocycles. The normalized spacial score (nSPS) is 27.2. The Balaban J connectivity index is 1.83. The zero-order chi connectivity index (χ0) is 16.0. The second-order valence-corrected chi connectivity index (χ2v) is 7.15. The molecular formula is C16H25BN2O3. The average molecular weight is 304 g/mol. The van der Waals surface area contributed by atoms with E-state index in [1.54, 1.807) is 0 Å². The molecule has 120 valence electrons. The molecule has 1 aromatic rings. The minimum absolute atomic E-state index is 0.326. The fourth-order valence-electron chi connectivity index (χ4n) is 2.78. The quantitative estimate of drug-likeness (QED) is 0.777. The number of pyridine rings is 1. The lowest BCUT2D eigenvalue weighted by Crippen LogP contribution is -2.45. The first-order chi connectivity index (χ1) is 10.3. The van der Waals surface area contributed by atoms with E-state index in [1.165, 1.54) is 0 Å². The number of nitrogens with zero attached hydrogens (tertiary/aromatic N) is 2. The summed E-state index contributed by atoms with van der Waals surface area (Å²) in [5.74, 6) is 0.961. The van der Waals surface area contributed by atoms with Crippen LogP contribution in [0.1, 0.15) is 34.6 Å². The molecule has 0 N–H and O–H groups in total. The predicted octanol–water partition coefficient (Wildman–Crippen LogP) is 1.61. The van der Waals surface area contributed by atoms with Crippen LogP contribution >= 0.6 is 0 Å². The van der Waals surface area contributed by atoms with Gasteiger partial charge in [-0.25, -0.2) is 4.98 Å². The van der Waals surface area contributed by atoms with Gasteiger partial charge in [0.15, 0.2) is 0 Å². The summed E-state index contributed by atoms with van der Waals surface area (Å²) in [4.78, 5) is 6.79. The number of morpholine rings is 1. The van der Waals surface area contributed by atoms with Gasteiger partial charge in [-0.3, -0.25) is 0 Å². The Kier molecular flexibility index (Phi) is 3.95. The van der Waals surface area contributed by atoms with Gasteiger partial charge in [0.1, 0.15) is 5.82 Å². The SMILES string of the molecule is CC1COCCN1c1cc(B2OC(C)(C)C(C)(C)O2)ccn1. The lowest BCUT2D eigenvalue weighted by Gasteiger charge is -2.34. The van der Waals surface area contributed by atoms with Crippen LogP contribution in [-0.2, 0) is 14.0 Å². The minimum Gasteiger partial charge on any atom is -0.399 e. The zero-order valence-corrected chi connectivity index (χ0v) is 14.1. The summed E-state index contributed by atoms with van der Waals surface area (Å²) in [7, 11) is -0.344. The van der Waals surface area contributed by atoms with Gasteiger partial charge in [-0.2, -0.15) is 0 Å². The Morgan fingerprint density at radius 3 is 2.55 bits per heavy atom. The first kappa shape index (κ1) is 15.8. The van der Waals surface area contributed by atoms with E-state index in [2.05, 4.69) is 50.6 Å². The largest absolute Gasteiger partial charge is 0.495 e. The highest BCUT2D eigenvalue weighted by atomic mass is 16.7. The van der Waals surface area contributed by atoms with Crippen LogP contribution in [0.3, 0.4) is 0 Å². The lowest BCUT2D eigenvalue weighted by molar-refractivity contribution is 0.00578. The van der Waals surface area contributed by atoms with Gasteiger partial charge in [0.05, 0.1) is 30.5 Å². The van der Waals surface area contributed by atoms with Crippen LogP contribution < -0.4 is 10.4 Å². The Bertz CT molecular complexity index is 534. The van der Waals surface area contributed by atoms with Crippen LogP contribution in [0.4, 0.5) is 5.82 Å². The molecule has 2 saturated heterocycles. The number of aromatic nitrogens is 1. The molecule has 0 amide bonds. The molecule has 1 unspecified atom stereocenters. The van der Waals surface area contributed by atoms with Crippen molar-refractivity contribution in [2.45, 2.75) is 51.9 Å². The number of ether oxygens (including phenoxy) is 1. The van der Waals surface area contributed by atoms with Gasteiger partial charge < -0.3 is 18.9 Å². The monoisotopic (exact) mass is 304 g/mol. The van der Waals surface area contributed by atoms with Gasteiger partial charge in [0.25, 0.3) is 0 Å². The molecule has 0 aliphatic carbocycles. The fourth-order valence-corrected chi connectivity index (χ4v) is 2.78. The average Bonchev–Trinajstić information content (AvgIpc) is 2.68. The summed E-state index contributed by atoms with van der Waals surface area (Å²) in [5.41, 5.74) is 0.364. The summed E-state index contributed by atoms with van der Waals surface area (Å²) in [6.45, 7) is 12.8. The summed E-state index contributed by atoms with van der Waals surface area (Å²) in [5, 5.41) is 0. The van der Waals surface area contributed by atoms with Gasteiger partial charge in [0.2, 0.25) is 0 Å². The van der Waals surface area contributed by atoms with Crippen molar-refractivity contribution < 1.29 is 14.0 Å². The van der Waals surface area contributed by atoms with E-state index in [-0.39, 0.29) is 18.3 Å². The van der Waals surface area contributed by atoms with Crippen LogP contribution in [0.5, 0.6) is 0 Å². The van der Waals surface area contributed by atoms with E-state index in [4.69, 9.17) is 14.0 Å². The highest BCUT2D eigenvalue weighted by molar-refractivity contribution is 6.62. The molecule has 22 heavy (non-hydrogen) atoms. The maximum absolute atomic E-state index is 6.13. The van der Waals surface area contributed by atoms with Crippen LogP contribution in [0.25, 0.3) is 0 Å². The molecule has 2 aliphatic rings. The van der Waals surface area contributed by atoms with Crippen molar-refractivity contribution in [2.75, 3.05) is 24.7 Å². The number of anilines is 1. The number of hydrogen-bond donors (Lipinski definition) is 0. The van der Waals surface area contributed by atoms with Crippen molar-refractivity contribution in [3.8, 4) is 0 Å². The first-order valence-electron chi connectivity index (χ1n) is 7.96. The smallest absolute Gasteiger partial charge is 0.399 e. The molecular weight excluding hydrogens is 279 g/mol. The molecule has 3 heterocycles. The number of rotatable bonds is 2.